The smallest absolute Gasteiger partial charge is 0.191 e. The van der Waals surface area contributed by atoms with E-state index in [0.717, 1.165) is 40.6 Å². The monoisotopic (exact) mass is 500 g/mol. The van der Waals surface area contributed by atoms with E-state index in [-0.39, 0.29) is 30.0 Å². The van der Waals surface area contributed by atoms with Crippen molar-refractivity contribution in [1.29, 1.82) is 0 Å². The summed E-state index contributed by atoms with van der Waals surface area (Å²) in [6.07, 6.45) is 2.73. The van der Waals surface area contributed by atoms with E-state index in [2.05, 4.69) is 46.5 Å². The van der Waals surface area contributed by atoms with Gasteiger partial charge in [-0.2, -0.15) is 5.10 Å². The second kappa shape index (κ2) is 10.6. The minimum atomic E-state index is 0. The maximum atomic E-state index is 5.48. The molecule has 2 heterocycles. The minimum Gasteiger partial charge on any atom is -0.496 e. The largest absolute Gasteiger partial charge is 0.496 e. The molecule has 7 nitrogen and oxygen atoms in total. The first-order chi connectivity index (χ1) is 12.8. The van der Waals surface area contributed by atoms with Crippen LogP contribution >= 0.6 is 24.0 Å². The third kappa shape index (κ3) is 5.59. The van der Waals surface area contributed by atoms with Crippen molar-refractivity contribution in [2.75, 3.05) is 14.2 Å². The van der Waals surface area contributed by atoms with E-state index in [4.69, 9.17) is 4.74 Å². The number of aromatic nitrogens is 3. The third-order valence-electron chi connectivity index (χ3n) is 4.95. The molecule has 0 aliphatic rings. The molecule has 0 saturated carbocycles. The number of guanidine groups is 1. The summed E-state index contributed by atoms with van der Waals surface area (Å²) in [7, 11) is 5.45. The van der Waals surface area contributed by atoms with Crippen LogP contribution in [0.4, 0.5) is 0 Å². The highest BCUT2D eigenvalue weighted by Crippen LogP contribution is 2.23. The Hall–Kier alpha value is -1.84. The second-order valence-corrected chi connectivity index (χ2v) is 6.99. The molecule has 2 aromatic heterocycles. The first-order valence-corrected chi connectivity index (χ1v) is 9.23. The van der Waals surface area contributed by atoms with Crippen molar-refractivity contribution in [2.45, 2.75) is 53.6 Å². The van der Waals surface area contributed by atoms with Crippen LogP contribution in [0.2, 0.25) is 0 Å². The van der Waals surface area contributed by atoms with E-state index in [9.17, 15) is 0 Å². The molecule has 0 aliphatic heterocycles. The van der Waals surface area contributed by atoms with Gasteiger partial charge in [-0.25, -0.2) is 0 Å². The summed E-state index contributed by atoms with van der Waals surface area (Å²) in [6, 6.07) is 0.222. The first kappa shape index (κ1) is 24.2. The molecule has 0 spiro atoms. The maximum absolute atomic E-state index is 5.48. The highest BCUT2D eigenvalue weighted by atomic mass is 127. The van der Waals surface area contributed by atoms with Gasteiger partial charge in [-0.3, -0.25) is 14.7 Å². The Labute approximate surface area is 185 Å². The number of methoxy groups -OCH3 is 1. The molecule has 0 aliphatic carbocycles. The molecule has 2 rings (SSSR count). The lowest BCUT2D eigenvalue weighted by molar-refractivity contribution is 0.406. The van der Waals surface area contributed by atoms with Crippen LogP contribution in [0.1, 0.15) is 40.7 Å². The van der Waals surface area contributed by atoms with Gasteiger partial charge in [-0.15, -0.1) is 24.0 Å². The van der Waals surface area contributed by atoms with Gasteiger partial charge >= 0.3 is 0 Å². The van der Waals surface area contributed by atoms with Crippen molar-refractivity contribution in [3.8, 4) is 5.75 Å². The summed E-state index contributed by atoms with van der Waals surface area (Å²) < 4.78 is 7.42. The lowest BCUT2D eigenvalue weighted by atomic mass is 10.1. The second-order valence-electron chi connectivity index (χ2n) is 6.99. The molecule has 2 aromatic rings. The molecule has 0 radical (unpaired) electrons. The zero-order valence-electron chi connectivity index (χ0n) is 18.2. The molecule has 156 valence electrons. The quantitative estimate of drug-likeness (QED) is 0.363. The Morgan fingerprint density at radius 3 is 2.50 bits per heavy atom. The Morgan fingerprint density at radius 1 is 1.29 bits per heavy atom. The van der Waals surface area contributed by atoms with Crippen LogP contribution in [-0.4, -0.2) is 40.9 Å². The molecule has 0 bridgehead atoms. The van der Waals surface area contributed by atoms with Gasteiger partial charge in [0.15, 0.2) is 5.96 Å². The molecule has 1 unspecified atom stereocenters. The van der Waals surface area contributed by atoms with Gasteiger partial charge in [0.25, 0.3) is 0 Å². The number of ether oxygens (including phenoxy) is 1. The molecule has 2 N–H and O–H groups in total. The molecule has 8 heteroatoms. The Kier molecular flexibility index (Phi) is 9.19. The predicted molar refractivity (Wildman–Crippen MR) is 125 cm³/mol. The first-order valence-electron chi connectivity index (χ1n) is 9.23. The fraction of sp³-hybridized carbons (Fsp3) is 0.550. The van der Waals surface area contributed by atoms with E-state index in [1.165, 1.54) is 11.3 Å². The third-order valence-corrected chi connectivity index (χ3v) is 4.95. The normalized spacial score (nSPS) is 12.4. The number of aliphatic imine (C=N–C) groups is 1. The summed E-state index contributed by atoms with van der Waals surface area (Å²) in [5.41, 5.74) is 6.61. The van der Waals surface area contributed by atoms with Crippen LogP contribution < -0.4 is 15.4 Å². The number of rotatable bonds is 6. The molecule has 0 saturated heterocycles. The summed E-state index contributed by atoms with van der Waals surface area (Å²) in [5.74, 6) is 1.64. The van der Waals surface area contributed by atoms with Crippen molar-refractivity contribution < 1.29 is 4.74 Å². The zero-order chi connectivity index (χ0) is 20.1. The SMILES string of the molecule is CN=C(NCc1ncc(C)c(OC)c1C)NC(C)Cc1c(C)nn(C)c1C.I. The maximum Gasteiger partial charge on any atom is 0.191 e. The number of aryl methyl sites for hydroxylation is 3. The van der Waals surface area contributed by atoms with Crippen molar-refractivity contribution in [3.05, 3.63) is 40.0 Å². The number of hydrogen-bond acceptors (Lipinski definition) is 4. The van der Waals surface area contributed by atoms with Crippen molar-refractivity contribution >= 4 is 29.9 Å². The fourth-order valence-corrected chi connectivity index (χ4v) is 3.31. The topological polar surface area (TPSA) is 76.4 Å². The van der Waals surface area contributed by atoms with Gasteiger partial charge < -0.3 is 15.4 Å². The van der Waals surface area contributed by atoms with Gasteiger partial charge in [0.1, 0.15) is 5.75 Å². The number of nitrogens with zero attached hydrogens (tertiary/aromatic N) is 4. The van der Waals surface area contributed by atoms with Gasteiger partial charge in [0, 0.05) is 43.2 Å². The molecule has 0 amide bonds. The molecule has 28 heavy (non-hydrogen) atoms. The molecular formula is C20H33IN6O. The van der Waals surface area contributed by atoms with Crippen LogP contribution in [-0.2, 0) is 20.0 Å². The van der Waals surface area contributed by atoms with E-state index < -0.39 is 0 Å². The lowest BCUT2D eigenvalue weighted by Gasteiger charge is -2.19. The van der Waals surface area contributed by atoms with Crippen LogP contribution in [0.25, 0.3) is 0 Å². The predicted octanol–water partition coefficient (Wildman–Crippen LogP) is 2.97. The average Bonchev–Trinajstić information content (AvgIpc) is 2.86. The lowest BCUT2D eigenvalue weighted by Crippen LogP contribution is -2.43. The Bertz CT molecular complexity index is 831. The molecule has 0 aromatic carbocycles. The van der Waals surface area contributed by atoms with Crippen LogP contribution in [0.5, 0.6) is 5.75 Å². The molecule has 1 atom stereocenters. The van der Waals surface area contributed by atoms with Crippen molar-refractivity contribution in [2.24, 2.45) is 12.0 Å². The average molecular weight is 500 g/mol. The van der Waals surface area contributed by atoms with E-state index in [0.29, 0.717) is 6.54 Å². The number of pyridine rings is 1. The summed E-state index contributed by atoms with van der Waals surface area (Å²) >= 11 is 0. The summed E-state index contributed by atoms with van der Waals surface area (Å²) in [5, 5.41) is 11.3. The van der Waals surface area contributed by atoms with E-state index >= 15 is 0 Å². The molecular weight excluding hydrogens is 467 g/mol. The zero-order valence-corrected chi connectivity index (χ0v) is 20.5. The summed E-state index contributed by atoms with van der Waals surface area (Å²) in [6.45, 7) is 10.9. The number of hydrogen-bond donors (Lipinski definition) is 2. The number of halogens is 1. The van der Waals surface area contributed by atoms with E-state index in [1.807, 2.05) is 31.8 Å². The Balaban J connectivity index is 0.00000392. The standard InChI is InChI=1S/C20H32N6O.HI/c1-12-10-22-18(14(3)19(12)27-8)11-23-20(21-6)24-13(2)9-17-15(4)25-26(7)16(17)5;/h10,13H,9,11H2,1-8H3,(H2,21,23,24);1H. The fourth-order valence-electron chi connectivity index (χ4n) is 3.31. The Morgan fingerprint density at radius 2 is 1.96 bits per heavy atom. The van der Waals surface area contributed by atoms with Crippen molar-refractivity contribution in [3.63, 3.8) is 0 Å². The van der Waals surface area contributed by atoms with Crippen molar-refractivity contribution in [1.82, 2.24) is 25.4 Å². The van der Waals surface area contributed by atoms with Gasteiger partial charge in [-0.05, 0) is 46.6 Å². The van der Waals surface area contributed by atoms with Crippen LogP contribution in [0.15, 0.2) is 11.2 Å². The number of nitrogens with one attached hydrogen (secondary N) is 2. The van der Waals surface area contributed by atoms with Crippen LogP contribution in [0, 0.1) is 27.7 Å². The van der Waals surface area contributed by atoms with Gasteiger partial charge in [0.2, 0.25) is 0 Å². The van der Waals surface area contributed by atoms with E-state index in [1.54, 1.807) is 14.2 Å². The van der Waals surface area contributed by atoms with Gasteiger partial charge in [0.05, 0.1) is 25.0 Å². The van der Waals surface area contributed by atoms with Crippen LogP contribution in [0.3, 0.4) is 0 Å². The highest BCUT2D eigenvalue weighted by molar-refractivity contribution is 14.0. The minimum absolute atomic E-state index is 0. The molecule has 0 fully saturated rings. The highest BCUT2D eigenvalue weighted by Gasteiger charge is 2.15. The summed E-state index contributed by atoms with van der Waals surface area (Å²) in [4.78, 5) is 8.87. The van der Waals surface area contributed by atoms with Gasteiger partial charge in [-0.1, -0.05) is 0 Å².